The first-order chi connectivity index (χ1) is 12.6. The number of aliphatic hydroxyl groups excluding tert-OH is 1. The molecule has 28 heavy (non-hydrogen) atoms. The van der Waals surface area contributed by atoms with E-state index in [-0.39, 0.29) is 0 Å². The highest BCUT2D eigenvalue weighted by molar-refractivity contribution is 6.87. The Kier molecular flexibility index (Phi) is 9.36. The summed E-state index contributed by atoms with van der Waals surface area (Å²) in [7, 11) is -5.52. The van der Waals surface area contributed by atoms with Crippen LogP contribution in [0.3, 0.4) is 0 Å². The normalized spacial score (nSPS) is 24.1. The smallest absolute Gasteiger partial charge is 0.333 e. The Balaban J connectivity index is 2.54. The van der Waals surface area contributed by atoms with Crippen LogP contribution in [0, 0.1) is 5.92 Å². The highest BCUT2D eigenvalue weighted by atomic mass is 28.5. The van der Waals surface area contributed by atoms with Gasteiger partial charge >= 0.3 is 14.5 Å². The molecule has 1 saturated carbocycles. The lowest BCUT2D eigenvalue weighted by Gasteiger charge is -2.39. The minimum absolute atomic E-state index is 0.378. The van der Waals surface area contributed by atoms with Crippen LogP contribution in [0.4, 0.5) is 0 Å². The number of esters is 1. The van der Waals surface area contributed by atoms with E-state index in [9.17, 15) is 9.90 Å². The van der Waals surface area contributed by atoms with Gasteiger partial charge in [0.25, 0.3) is 0 Å². The molecule has 164 valence electrons. The number of carbonyl (C=O) groups is 1. The van der Waals surface area contributed by atoms with Gasteiger partial charge in [-0.25, -0.2) is 4.79 Å². The predicted molar refractivity (Wildman–Crippen MR) is 123 cm³/mol. The Morgan fingerprint density at radius 1 is 1.04 bits per heavy atom. The molecule has 0 spiro atoms. The SMILES string of the molecule is C=C(C)C(=O)OC1CCC(CCC[Si](C)(O[Si](C)(C)C)O[Si](C)(C)C)CC1O. The molecule has 0 aromatic heterocycles. The minimum atomic E-state index is -2.19. The van der Waals surface area contributed by atoms with Gasteiger partial charge in [-0.05, 0) is 84.0 Å². The first kappa shape index (κ1) is 25.8. The Morgan fingerprint density at radius 2 is 1.57 bits per heavy atom. The van der Waals surface area contributed by atoms with Crippen molar-refractivity contribution >= 4 is 31.2 Å². The Bertz CT molecular complexity index is 523. The van der Waals surface area contributed by atoms with E-state index in [0.29, 0.717) is 17.9 Å². The lowest BCUT2D eigenvalue weighted by Crippen LogP contribution is -2.52. The van der Waals surface area contributed by atoms with E-state index in [2.05, 4.69) is 52.4 Å². The fourth-order valence-electron chi connectivity index (χ4n) is 3.97. The van der Waals surface area contributed by atoms with Gasteiger partial charge in [-0.1, -0.05) is 19.4 Å². The molecule has 0 saturated heterocycles. The van der Waals surface area contributed by atoms with Crippen LogP contribution < -0.4 is 0 Å². The van der Waals surface area contributed by atoms with Crippen molar-refractivity contribution in [3.63, 3.8) is 0 Å². The van der Waals surface area contributed by atoms with E-state index < -0.39 is 43.4 Å². The zero-order valence-corrected chi connectivity index (χ0v) is 22.3. The van der Waals surface area contributed by atoms with Crippen molar-refractivity contribution in [2.75, 3.05) is 0 Å². The summed E-state index contributed by atoms with van der Waals surface area (Å²) in [6, 6.07) is 1.00. The van der Waals surface area contributed by atoms with E-state index in [4.69, 9.17) is 13.0 Å². The maximum atomic E-state index is 11.7. The summed E-state index contributed by atoms with van der Waals surface area (Å²) in [6.07, 6.45) is 3.53. The van der Waals surface area contributed by atoms with Crippen molar-refractivity contribution in [3.8, 4) is 0 Å². The molecule has 8 heteroatoms. The van der Waals surface area contributed by atoms with E-state index in [0.717, 1.165) is 31.7 Å². The van der Waals surface area contributed by atoms with Gasteiger partial charge in [-0.2, -0.15) is 0 Å². The summed E-state index contributed by atoms with van der Waals surface area (Å²) in [4.78, 5) is 11.7. The van der Waals surface area contributed by atoms with Crippen LogP contribution in [-0.4, -0.2) is 48.5 Å². The molecular formula is C20H42O5Si3. The van der Waals surface area contributed by atoms with Gasteiger partial charge in [0.1, 0.15) is 6.10 Å². The molecule has 0 aromatic carbocycles. The van der Waals surface area contributed by atoms with Crippen LogP contribution in [0.5, 0.6) is 0 Å². The number of hydrogen-bond acceptors (Lipinski definition) is 5. The largest absolute Gasteiger partial charge is 0.456 e. The first-order valence-electron chi connectivity index (χ1n) is 10.6. The third-order valence-electron chi connectivity index (χ3n) is 4.76. The van der Waals surface area contributed by atoms with Crippen LogP contribution in [0.2, 0.25) is 51.9 Å². The van der Waals surface area contributed by atoms with Crippen LogP contribution in [-0.2, 0) is 17.8 Å². The second-order valence-corrected chi connectivity index (χ2v) is 23.3. The third kappa shape index (κ3) is 9.98. The third-order valence-corrected chi connectivity index (χ3v) is 14.4. The maximum Gasteiger partial charge on any atom is 0.333 e. The number of aliphatic hydroxyl groups is 1. The van der Waals surface area contributed by atoms with Crippen molar-refractivity contribution in [1.29, 1.82) is 0 Å². The number of ether oxygens (including phenoxy) is 1. The molecule has 3 atom stereocenters. The van der Waals surface area contributed by atoms with Crippen LogP contribution in [0.15, 0.2) is 12.2 Å². The summed E-state index contributed by atoms with van der Waals surface area (Å²) in [5.74, 6) is 0.0584. The number of rotatable bonds is 10. The van der Waals surface area contributed by atoms with Crippen molar-refractivity contribution in [2.45, 2.75) is 103 Å². The number of hydrogen-bond donors (Lipinski definition) is 1. The summed E-state index contributed by atoms with van der Waals surface area (Å²) in [5.41, 5.74) is 0.378. The molecule has 0 radical (unpaired) electrons. The van der Waals surface area contributed by atoms with Crippen molar-refractivity contribution in [3.05, 3.63) is 12.2 Å². The second kappa shape index (κ2) is 10.2. The molecule has 1 N–H and O–H groups in total. The quantitative estimate of drug-likeness (QED) is 0.284. The Morgan fingerprint density at radius 3 is 2.00 bits per heavy atom. The van der Waals surface area contributed by atoms with Gasteiger partial charge in [0.15, 0.2) is 16.6 Å². The van der Waals surface area contributed by atoms with E-state index in [1.165, 1.54) is 0 Å². The zero-order valence-electron chi connectivity index (χ0n) is 19.3. The lowest BCUT2D eigenvalue weighted by molar-refractivity contribution is -0.154. The minimum Gasteiger partial charge on any atom is -0.456 e. The van der Waals surface area contributed by atoms with Crippen molar-refractivity contribution < 1.29 is 22.9 Å². The van der Waals surface area contributed by atoms with Gasteiger partial charge in [-0.3, -0.25) is 0 Å². The molecule has 0 amide bonds. The van der Waals surface area contributed by atoms with E-state index in [1.807, 2.05) is 0 Å². The molecule has 1 rings (SSSR count). The van der Waals surface area contributed by atoms with Crippen LogP contribution in [0.1, 0.15) is 39.0 Å². The fraction of sp³-hybridized carbons (Fsp3) is 0.850. The van der Waals surface area contributed by atoms with E-state index >= 15 is 0 Å². The Labute approximate surface area is 175 Å². The predicted octanol–water partition coefficient (Wildman–Crippen LogP) is 5.19. The monoisotopic (exact) mass is 446 g/mol. The van der Waals surface area contributed by atoms with Gasteiger partial charge in [-0.15, -0.1) is 0 Å². The fourth-order valence-corrected chi connectivity index (χ4v) is 16.5. The van der Waals surface area contributed by atoms with E-state index in [1.54, 1.807) is 6.92 Å². The molecule has 0 aliphatic heterocycles. The van der Waals surface area contributed by atoms with Crippen molar-refractivity contribution in [2.24, 2.45) is 5.92 Å². The maximum absolute atomic E-state index is 11.7. The molecule has 0 bridgehead atoms. The molecule has 1 aliphatic carbocycles. The zero-order chi connectivity index (χ0) is 21.8. The molecule has 1 aliphatic rings. The first-order valence-corrected chi connectivity index (χ1v) is 19.9. The van der Waals surface area contributed by atoms with Gasteiger partial charge < -0.3 is 18.1 Å². The summed E-state index contributed by atoms with van der Waals surface area (Å²) in [6.45, 7) is 20.9. The van der Waals surface area contributed by atoms with Crippen LogP contribution in [0.25, 0.3) is 0 Å². The summed E-state index contributed by atoms with van der Waals surface area (Å²) < 4.78 is 18.5. The van der Waals surface area contributed by atoms with Gasteiger partial charge in [0, 0.05) is 5.57 Å². The summed E-state index contributed by atoms with van der Waals surface area (Å²) >= 11 is 0. The average Bonchev–Trinajstić information content (AvgIpc) is 2.45. The molecule has 0 aromatic rings. The number of carbonyl (C=O) groups excluding carboxylic acids is 1. The standard InChI is InChI=1S/C20H42O5Si3/c1-16(2)20(22)23-19-13-12-17(15-18(19)21)11-10-14-28(9,24-26(3,4)5)25-27(6,7)8/h17-19,21H,1,10-15H2,2-9H3. The topological polar surface area (TPSA) is 65.0 Å². The highest BCUT2D eigenvalue weighted by Gasteiger charge is 2.40. The lowest BCUT2D eigenvalue weighted by atomic mass is 9.83. The average molecular weight is 447 g/mol. The molecule has 5 nitrogen and oxygen atoms in total. The second-order valence-electron chi connectivity index (χ2n) is 10.4. The van der Waals surface area contributed by atoms with Crippen molar-refractivity contribution in [1.82, 2.24) is 0 Å². The van der Waals surface area contributed by atoms with Gasteiger partial charge in [0.05, 0.1) is 6.10 Å². The molecular weight excluding hydrogens is 404 g/mol. The molecule has 1 fully saturated rings. The molecule has 0 heterocycles. The Hall–Kier alpha value is -0.259. The van der Waals surface area contributed by atoms with Gasteiger partial charge in [0.2, 0.25) is 0 Å². The highest BCUT2D eigenvalue weighted by Crippen LogP contribution is 2.33. The molecule has 3 unspecified atom stereocenters. The van der Waals surface area contributed by atoms with Crippen LogP contribution >= 0.6 is 0 Å². The summed E-state index contributed by atoms with van der Waals surface area (Å²) in [5, 5.41) is 10.4.